The van der Waals surface area contributed by atoms with Crippen molar-refractivity contribution in [2.24, 2.45) is 0 Å². The van der Waals surface area contributed by atoms with Crippen LogP contribution in [0.15, 0.2) is 45.7 Å². The molecule has 7 nitrogen and oxygen atoms in total. The fraction of sp³-hybridized carbons (Fsp3) is 0.167. The number of nitrogens with one attached hydrogen (secondary N) is 1. The third-order valence-corrected chi connectivity index (χ3v) is 4.87. The van der Waals surface area contributed by atoms with E-state index in [1.54, 1.807) is 19.1 Å². The Kier molecular flexibility index (Phi) is 6.23. The molecule has 1 atom stereocenters. The first-order valence-corrected chi connectivity index (χ1v) is 9.84. The van der Waals surface area contributed by atoms with Gasteiger partial charge >= 0.3 is 6.18 Å². The molecule has 1 N–H and O–H groups in total. The largest absolute Gasteiger partial charge is 0.416 e. The molecule has 154 valence electrons. The van der Waals surface area contributed by atoms with Crippen LogP contribution in [0, 0.1) is 11.3 Å². The van der Waals surface area contributed by atoms with Crippen molar-refractivity contribution in [2.45, 2.75) is 19.1 Å². The second-order valence-electron chi connectivity index (χ2n) is 6.09. The summed E-state index contributed by atoms with van der Waals surface area (Å²) in [5.41, 5.74) is -0.717. The van der Waals surface area contributed by atoms with Gasteiger partial charge in [0.15, 0.2) is 11.6 Å². The summed E-state index contributed by atoms with van der Waals surface area (Å²) in [4.78, 5) is 20.8. The van der Waals surface area contributed by atoms with E-state index in [9.17, 15) is 18.0 Å². The highest BCUT2D eigenvalue weighted by Gasteiger charge is 2.32. The van der Waals surface area contributed by atoms with Gasteiger partial charge in [-0.1, -0.05) is 15.9 Å². The maximum atomic E-state index is 13.0. The Labute approximate surface area is 185 Å². The number of rotatable bonds is 4. The first-order chi connectivity index (χ1) is 14.1. The van der Waals surface area contributed by atoms with Crippen LogP contribution in [0.5, 0.6) is 0 Å². The average Bonchev–Trinajstić information content (AvgIpc) is 3.08. The van der Waals surface area contributed by atoms with Gasteiger partial charge in [0.2, 0.25) is 4.73 Å². The summed E-state index contributed by atoms with van der Waals surface area (Å²) in [6, 6.07) is 7.35. The summed E-state index contributed by atoms with van der Waals surface area (Å²) in [6.45, 7) is 1.60. The molecule has 0 saturated carbocycles. The standard InChI is InChI=1S/C18H11Br2F3N6O/c1-9(26-16(30)11-4-12(18(21,22)23)6-13(19)5-11)15-27-17(20)29(28-15)14-3-2-10(7-24)8-25-14/h2-6,8-9H,1H3,(H,26,30). The molecule has 0 aliphatic rings. The molecule has 12 heteroatoms. The Balaban J connectivity index is 1.81. The fourth-order valence-corrected chi connectivity index (χ4v) is 3.38. The zero-order valence-electron chi connectivity index (χ0n) is 15.1. The van der Waals surface area contributed by atoms with Gasteiger partial charge in [0, 0.05) is 16.2 Å². The van der Waals surface area contributed by atoms with E-state index in [1.165, 1.54) is 16.9 Å². The number of nitrogens with zero attached hydrogens (tertiary/aromatic N) is 5. The van der Waals surface area contributed by atoms with E-state index in [-0.39, 0.29) is 15.9 Å². The lowest BCUT2D eigenvalue weighted by Crippen LogP contribution is -2.28. The van der Waals surface area contributed by atoms with Crippen molar-refractivity contribution >= 4 is 37.8 Å². The SMILES string of the molecule is CC(NC(=O)c1cc(Br)cc(C(F)(F)F)c1)c1nc(Br)n(-c2ccc(C#N)cn2)n1. The van der Waals surface area contributed by atoms with Gasteiger partial charge in [-0.05, 0) is 53.2 Å². The highest BCUT2D eigenvalue weighted by atomic mass is 79.9. The summed E-state index contributed by atoms with van der Waals surface area (Å²) < 4.78 is 40.8. The number of amides is 1. The molecule has 0 aliphatic carbocycles. The van der Waals surface area contributed by atoms with Crippen molar-refractivity contribution in [1.82, 2.24) is 25.1 Å². The minimum absolute atomic E-state index is 0.132. The molecule has 3 rings (SSSR count). The van der Waals surface area contributed by atoms with E-state index >= 15 is 0 Å². The number of hydrogen-bond acceptors (Lipinski definition) is 5. The fourth-order valence-electron chi connectivity index (χ4n) is 2.44. The molecule has 3 aromatic rings. The van der Waals surface area contributed by atoms with E-state index in [0.717, 1.165) is 12.1 Å². The second-order valence-corrected chi connectivity index (χ2v) is 7.71. The summed E-state index contributed by atoms with van der Waals surface area (Å²) >= 11 is 6.24. The van der Waals surface area contributed by atoms with Gasteiger partial charge in [-0.25, -0.2) is 9.97 Å². The number of pyridine rings is 1. The summed E-state index contributed by atoms with van der Waals surface area (Å²) in [5, 5.41) is 15.7. The van der Waals surface area contributed by atoms with E-state index < -0.39 is 23.7 Å². The van der Waals surface area contributed by atoms with Crippen LogP contribution in [-0.2, 0) is 6.18 Å². The number of carbonyl (C=O) groups excluding carboxylic acids is 1. The number of alkyl halides is 3. The Bertz CT molecular complexity index is 1140. The van der Waals surface area contributed by atoms with Crippen molar-refractivity contribution in [2.75, 3.05) is 0 Å². The maximum absolute atomic E-state index is 13.0. The van der Waals surface area contributed by atoms with Crippen LogP contribution in [0.2, 0.25) is 0 Å². The van der Waals surface area contributed by atoms with E-state index in [4.69, 9.17) is 5.26 Å². The quantitative estimate of drug-likeness (QED) is 0.520. The van der Waals surface area contributed by atoms with Crippen molar-refractivity contribution in [3.8, 4) is 11.9 Å². The molecule has 0 fully saturated rings. The highest BCUT2D eigenvalue weighted by molar-refractivity contribution is 9.10. The third-order valence-electron chi connectivity index (χ3n) is 3.90. The number of nitriles is 1. The van der Waals surface area contributed by atoms with Gasteiger partial charge in [-0.2, -0.15) is 23.1 Å². The molecular formula is C18H11Br2F3N6O. The first-order valence-electron chi connectivity index (χ1n) is 8.26. The lowest BCUT2D eigenvalue weighted by Gasteiger charge is -2.13. The number of aromatic nitrogens is 4. The van der Waals surface area contributed by atoms with Gasteiger partial charge in [0.25, 0.3) is 5.91 Å². The van der Waals surface area contributed by atoms with Gasteiger partial charge in [-0.15, -0.1) is 5.10 Å². The smallest absolute Gasteiger partial charge is 0.342 e. The molecular weight excluding hydrogens is 533 g/mol. The monoisotopic (exact) mass is 542 g/mol. The van der Waals surface area contributed by atoms with Crippen LogP contribution < -0.4 is 5.32 Å². The normalized spacial score (nSPS) is 12.3. The molecule has 2 heterocycles. The first kappa shape index (κ1) is 21.9. The Morgan fingerprint density at radius 3 is 2.60 bits per heavy atom. The van der Waals surface area contributed by atoms with Crippen LogP contribution in [0.1, 0.15) is 40.3 Å². The number of hydrogen-bond donors (Lipinski definition) is 1. The molecule has 1 amide bonds. The van der Waals surface area contributed by atoms with Crippen LogP contribution >= 0.6 is 31.9 Å². The Hall–Kier alpha value is -2.78. The molecule has 0 saturated heterocycles. The molecule has 0 radical (unpaired) electrons. The maximum Gasteiger partial charge on any atom is 0.416 e. The zero-order chi connectivity index (χ0) is 22.1. The zero-order valence-corrected chi connectivity index (χ0v) is 18.2. The predicted molar refractivity (Wildman–Crippen MR) is 107 cm³/mol. The van der Waals surface area contributed by atoms with Crippen LogP contribution in [0.3, 0.4) is 0 Å². The summed E-state index contributed by atoms with van der Waals surface area (Å²) in [5.74, 6) is -0.106. The molecule has 1 unspecified atom stereocenters. The molecule has 1 aromatic carbocycles. The van der Waals surface area contributed by atoms with Crippen molar-refractivity contribution < 1.29 is 18.0 Å². The van der Waals surface area contributed by atoms with E-state index in [0.29, 0.717) is 16.1 Å². The minimum atomic E-state index is -4.58. The highest BCUT2D eigenvalue weighted by Crippen LogP contribution is 2.32. The van der Waals surface area contributed by atoms with Crippen molar-refractivity contribution in [1.29, 1.82) is 5.26 Å². The second kappa shape index (κ2) is 8.53. The topological polar surface area (TPSA) is 96.5 Å². The van der Waals surface area contributed by atoms with E-state index in [2.05, 4.69) is 52.2 Å². The van der Waals surface area contributed by atoms with Gasteiger partial charge in [0.1, 0.15) is 6.07 Å². The Morgan fingerprint density at radius 2 is 2.00 bits per heavy atom. The summed E-state index contributed by atoms with van der Waals surface area (Å²) in [7, 11) is 0. The molecule has 0 aliphatic heterocycles. The number of halogens is 5. The van der Waals surface area contributed by atoms with Gasteiger partial charge < -0.3 is 5.32 Å². The lowest BCUT2D eigenvalue weighted by molar-refractivity contribution is -0.137. The summed E-state index contributed by atoms with van der Waals surface area (Å²) in [6.07, 6.45) is -3.20. The third kappa shape index (κ3) is 4.85. The number of carbonyl (C=O) groups is 1. The minimum Gasteiger partial charge on any atom is -0.342 e. The Morgan fingerprint density at radius 1 is 1.27 bits per heavy atom. The lowest BCUT2D eigenvalue weighted by atomic mass is 10.1. The van der Waals surface area contributed by atoms with E-state index in [1.807, 2.05) is 6.07 Å². The van der Waals surface area contributed by atoms with Gasteiger partial charge in [0.05, 0.1) is 17.2 Å². The van der Waals surface area contributed by atoms with Crippen molar-refractivity contribution in [3.05, 3.63) is 68.2 Å². The number of benzene rings is 1. The van der Waals surface area contributed by atoms with Crippen LogP contribution in [-0.4, -0.2) is 25.7 Å². The van der Waals surface area contributed by atoms with Crippen LogP contribution in [0.4, 0.5) is 13.2 Å². The predicted octanol–water partition coefficient (Wildman–Crippen LogP) is 4.57. The average molecular weight is 544 g/mol. The molecule has 2 aromatic heterocycles. The van der Waals surface area contributed by atoms with Crippen LogP contribution in [0.25, 0.3) is 5.82 Å². The molecule has 0 spiro atoms. The molecule has 30 heavy (non-hydrogen) atoms. The van der Waals surface area contributed by atoms with Crippen molar-refractivity contribution in [3.63, 3.8) is 0 Å². The molecule has 0 bridgehead atoms. The van der Waals surface area contributed by atoms with Gasteiger partial charge in [-0.3, -0.25) is 4.79 Å².